The summed E-state index contributed by atoms with van der Waals surface area (Å²) in [6.07, 6.45) is 13.8. The second kappa shape index (κ2) is 10.8. The summed E-state index contributed by atoms with van der Waals surface area (Å²) >= 11 is 0. The van der Waals surface area contributed by atoms with Crippen molar-refractivity contribution in [1.82, 2.24) is 5.32 Å². The highest BCUT2D eigenvalue weighted by atomic mass is 16.5. The summed E-state index contributed by atoms with van der Waals surface area (Å²) in [5.41, 5.74) is 0. The zero-order valence-electron chi connectivity index (χ0n) is 12.5. The largest absolute Gasteiger partial charge is 0.378 e. The van der Waals surface area contributed by atoms with Gasteiger partial charge in [0.2, 0.25) is 0 Å². The molecule has 108 valence electrons. The molecule has 0 radical (unpaired) electrons. The summed E-state index contributed by atoms with van der Waals surface area (Å²) in [7, 11) is 0. The molecule has 0 aromatic heterocycles. The maximum atomic E-state index is 5.72. The normalized spacial score (nSPS) is 21.3. The van der Waals surface area contributed by atoms with Crippen LogP contribution in [0.1, 0.15) is 78.1 Å². The van der Waals surface area contributed by atoms with Crippen LogP contribution >= 0.6 is 0 Å². The van der Waals surface area contributed by atoms with Crippen molar-refractivity contribution in [3.8, 4) is 0 Å². The van der Waals surface area contributed by atoms with Crippen LogP contribution < -0.4 is 5.32 Å². The predicted molar refractivity (Wildman–Crippen MR) is 79.0 cm³/mol. The maximum Gasteiger partial charge on any atom is 0.0576 e. The monoisotopic (exact) mass is 255 g/mol. The Morgan fingerprint density at radius 1 is 1.11 bits per heavy atom. The standard InChI is InChI=1S/C16H33NO/c1-3-5-6-7-9-15(17-13-4-2)11-12-16-10-8-14-18-16/h15-17H,3-14H2,1-2H3. The Labute approximate surface area is 114 Å². The predicted octanol–water partition coefficient (Wildman–Crippen LogP) is 4.28. The fourth-order valence-electron chi connectivity index (χ4n) is 2.77. The van der Waals surface area contributed by atoms with Crippen LogP contribution in [-0.4, -0.2) is 25.3 Å². The van der Waals surface area contributed by atoms with Gasteiger partial charge < -0.3 is 10.1 Å². The Morgan fingerprint density at radius 2 is 2.00 bits per heavy atom. The van der Waals surface area contributed by atoms with E-state index in [-0.39, 0.29) is 0 Å². The molecule has 1 heterocycles. The summed E-state index contributed by atoms with van der Waals surface area (Å²) in [6, 6.07) is 0.728. The second-order valence-electron chi connectivity index (χ2n) is 5.71. The van der Waals surface area contributed by atoms with Gasteiger partial charge in [0, 0.05) is 12.6 Å². The van der Waals surface area contributed by atoms with E-state index in [0.29, 0.717) is 6.10 Å². The highest BCUT2D eigenvalue weighted by Gasteiger charge is 2.17. The third-order valence-electron chi connectivity index (χ3n) is 3.95. The molecule has 2 atom stereocenters. The van der Waals surface area contributed by atoms with Gasteiger partial charge in [-0.15, -0.1) is 0 Å². The molecule has 0 aliphatic carbocycles. The lowest BCUT2D eigenvalue weighted by Crippen LogP contribution is -2.30. The van der Waals surface area contributed by atoms with Gasteiger partial charge >= 0.3 is 0 Å². The highest BCUT2D eigenvalue weighted by molar-refractivity contribution is 4.72. The lowest BCUT2D eigenvalue weighted by atomic mass is 10.00. The molecule has 0 amide bonds. The van der Waals surface area contributed by atoms with E-state index >= 15 is 0 Å². The molecule has 0 aromatic rings. The molecule has 1 aliphatic rings. The Bertz CT molecular complexity index is 178. The topological polar surface area (TPSA) is 21.3 Å². The first kappa shape index (κ1) is 16.0. The number of unbranched alkanes of at least 4 members (excludes halogenated alkanes) is 3. The summed E-state index contributed by atoms with van der Waals surface area (Å²) in [4.78, 5) is 0. The lowest BCUT2D eigenvalue weighted by Gasteiger charge is -2.20. The third-order valence-corrected chi connectivity index (χ3v) is 3.95. The van der Waals surface area contributed by atoms with Gasteiger partial charge in [-0.05, 0) is 45.1 Å². The molecule has 1 aliphatic heterocycles. The van der Waals surface area contributed by atoms with Gasteiger partial charge in [-0.25, -0.2) is 0 Å². The molecule has 2 nitrogen and oxygen atoms in total. The van der Waals surface area contributed by atoms with Crippen molar-refractivity contribution in [3.63, 3.8) is 0 Å². The molecule has 1 fully saturated rings. The molecule has 2 unspecified atom stereocenters. The van der Waals surface area contributed by atoms with Crippen molar-refractivity contribution in [3.05, 3.63) is 0 Å². The minimum absolute atomic E-state index is 0.562. The molecule has 1 saturated heterocycles. The smallest absolute Gasteiger partial charge is 0.0576 e. The Balaban J connectivity index is 2.12. The van der Waals surface area contributed by atoms with Gasteiger partial charge in [-0.1, -0.05) is 39.5 Å². The van der Waals surface area contributed by atoms with Gasteiger partial charge in [0.25, 0.3) is 0 Å². The molecule has 0 aromatic carbocycles. The molecule has 0 saturated carbocycles. The van der Waals surface area contributed by atoms with E-state index in [4.69, 9.17) is 4.74 Å². The van der Waals surface area contributed by atoms with Crippen LogP contribution in [0, 0.1) is 0 Å². The third kappa shape index (κ3) is 7.38. The van der Waals surface area contributed by atoms with Crippen molar-refractivity contribution in [2.45, 2.75) is 90.2 Å². The van der Waals surface area contributed by atoms with E-state index in [1.165, 1.54) is 70.8 Å². The van der Waals surface area contributed by atoms with Crippen LogP contribution in [0.3, 0.4) is 0 Å². The minimum Gasteiger partial charge on any atom is -0.378 e. The number of ether oxygens (including phenoxy) is 1. The minimum atomic E-state index is 0.562. The summed E-state index contributed by atoms with van der Waals surface area (Å²) in [5.74, 6) is 0. The SMILES string of the molecule is CCCCCCC(CCC1CCCO1)NCCC. The molecular weight excluding hydrogens is 222 g/mol. The zero-order valence-corrected chi connectivity index (χ0v) is 12.5. The number of hydrogen-bond donors (Lipinski definition) is 1. The first-order chi connectivity index (χ1) is 8.86. The van der Waals surface area contributed by atoms with E-state index < -0.39 is 0 Å². The van der Waals surface area contributed by atoms with E-state index in [1.54, 1.807) is 0 Å². The summed E-state index contributed by atoms with van der Waals surface area (Å²) in [6.45, 7) is 6.70. The van der Waals surface area contributed by atoms with Crippen LogP contribution in [0.4, 0.5) is 0 Å². The Hall–Kier alpha value is -0.0800. The van der Waals surface area contributed by atoms with E-state index in [2.05, 4.69) is 19.2 Å². The molecule has 0 spiro atoms. The zero-order chi connectivity index (χ0) is 13.1. The van der Waals surface area contributed by atoms with Gasteiger partial charge in [0.05, 0.1) is 6.10 Å². The van der Waals surface area contributed by atoms with Gasteiger partial charge in [-0.3, -0.25) is 0 Å². The average molecular weight is 255 g/mol. The van der Waals surface area contributed by atoms with Crippen molar-refractivity contribution in [2.75, 3.05) is 13.2 Å². The lowest BCUT2D eigenvalue weighted by molar-refractivity contribution is 0.0991. The van der Waals surface area contributed by atoms with Crippen LogP contribution in [0.15, 0.2) is 0 Å². The van der Waals surface area contributed by atoms with E-state index in [1.807, 2.05) is 0 Å². The maximum absolute atomic E-state index is 5.72. The van der Waals surface area contributed by atoms with Crippen molar-refractivity contribution in [1.29, 1.82) is 0 Å². The van der Waals surface area contributed by atoms with Gasteiger partial charge in [0.15, 0.2) is 0 Å². The number of nitrogens with one attached hydrogen (secondary N) is 1. The van der Waals surface area contributed by atoms with E-state index in [0.717, 1.165) is 12.6 Å². The second-order valence-corrected chi connectivity index (χ2v) is 5.71. The van der Waals surface area contributed by atoms with Crippen molar-refractivity contribution >= 4 is 0 Å². The van der Waals surface area contributed by atoms with Crippen molar-refractivity contribution in [2.24, 2.45) is 0 Å². The first-order valence-electron chi connectivity index (χ1n) is 8.21. The Kier molecular flexibility index (Phi) is 9.59. The van der Waals surface area contributed by atoms with Crippen LogP contribution in [0.2, 0.25) is 0 Å². The Morgan fingerprint density at radius 3 is 2.67 bits per heavy atom. The first-order valence-corrected chi connectivity index (χ1v) is 8.21. The molecule has 1 N–H and O–H groups in total. The fraction of sp³-hybridized carbons (Fsp3) is 1.00. The molecule has 18 heavy (non-hydrogen) atoms. The highest BCUT2D eigenvalue weighted by Crippen LogP contribution is 2.19. The van der Waals surface area contributed by atoms with Crippen molar-refractivity contribution < 1.29 is 4.74 Å². The van der Waals surface area contributed by atoms with Crippen LogP contribution in [0.5, 0.6) is 0 Å². The molecule has 1 rings (SSSR count). The number of rotatable bonds is 11. The fourth-order valence-corrected chi connectivity index (χ4v) is 2.77. The number of hydrogen-bond acceptors (Lipinski definition) is 2. The van der Waals surface area contributed by atoms with Crippen LogP contribution in [-0.2, 0) is 4.74 Å². The van der Waals surface area contributed by atoms with Crippen LogP contribution in [0.25, 0.3) is 0 Å². The summed E-state index contributed by atoms with van der Waals surface area (Å²) < 4.78 is 5.72. The quantitative estimate of drug-likeness (QED) is 0.556. The molecule has 2 heteroatoms. The molecule has 0 bridgehead atoms. The summed E-state index contributed by atoms with van der Waals surface area (Å²) in [5, 5.41) is 3.71. The van der Waals surface area contributed by atoms with Gasteiger partial charge in [-0.2, -0.15) is 0 Å². The van der Waals surface area contributed by atoms with E-state index in [9.17, 15) is 0 Å². The van der Waals surface area contributed by atoms with Gasteiger partial charge in [0.1, 0.15) is 0 Å². The average Bonchev–Trinajstić information content (AvgIpc) is 2.90. The molecular formula is C16H33NO.